The number of amides is 1. The van der Waals surface area contributed by atoms with Crippen molar-refractivity contribution >= 4 is 28.2 Å². The second kappa shape index (κ2) is 7.35. The topological polar surface area (TPSA) is 55.4 Å². The van der Waals surface area contributed by atoms with E-state index in [0.29, 0.717) is 16.5 Å². The fourth-order valence-electron chi connectivity index (χ4n) is 3.22. The van der Waals surface area contributed by atoms with E-state index in [1.165, 1.54) is 36.6 Å². The van der Waals surface area contributed by atoms with Crippen molar-refractivity contribution < 1.29 is 18.7 Å². The van der Waals surface area contributed by atoms with Gasteiger partial charge in [-0.3, -0.25) is 4.79 Å². The Balaban J connectivity index is 1.96. The zero-order valence-corrected chi connectivity index (χ0v) is 15.0. The minimum atomic E-state index is -0.591. The molecule has 1 atom stereocenters. The third-order valence-corrected chi connectivity index (χ3v) is 5.85. The molecule has 0 bridgehead atoms. The molecule has 0 radical (unpaired) electrons. The van der Waals surface area contributed by atoms with E-state index in [1.807, 2.05) is 0 Å². The Kier molecular flexibility index (Phi) is 5.18. The number of hydrogen-bond acceptors (Lipinski definition) is 4. The van der Waals surface area contributed by atoms with Gasteiger partial charge in [-0.25, -0.2) is 9.18 Å². The van der Waals surface area contributed by atoms with Gasteiger partial charge < -0.3 is 10.1 Å². The molecule has 0 spiro atoms. The minimum Gasteiger partial charge on any atom is -0.465 e. The number of nitrogens with one attached hydrogen (secondary N) is 1. The van der Waals surface area contributed by atoms with Crippen molar-refractivity contribution in [2.45, 2.75) is 32.6 Å². The van der Waals surface area contributed by atoms with Gasteiger partial charge in [-0.05, 0) is 42.9 Å². The van der Waals surface area contributed by atoms with Gasteiger partial charge in [-0.1, -0.05) is 25.5 Å². The van der Waals surface area contributed by atoms with Crippen LogP contribution in [-0.2, 0) is 17.6 Å². The van der Waals surface area contributed by atoms with Crippen molar-refractivity contribution in [2.24, 2.45) is 5.92 Å². The Morgan fingerprint density at radius 3 is 2.80 bits per heavy atom. The van der Waals surface area contributed by atoms with Crippen LogP contribution in [0.1, 0.15) is 50.9 Å². The number of fused-ring (bicyclic) bond motifs is 1. The Morgan fingerprint density at radius 2 is 2.12 bits per heavy atom. The summed E-state index contributed by atoms with van der Waals surface area (Å²) in [5.74, 6) is -1.02. The summed E-state index contributed by atoms with van der Waals surface area (Å²) in [5, 5.41) is 3.16. The van der Waals surface area contributed by atoms with E-state index in [0.717, 1.165) is 36.1 Å². The number of carbonyl (C=O) groups excluding carboxylic acids is 2. The van der Waals surface area contributed by atoms with Gasteiger partial charge in [0.15, 0.2) is 0 Å². The summed E-state index contributed by atoms with van der Waals surface area (Å²) in [6.45, 7) is 2.16. The Morgan fingerprint density at radius 1 is 1.36 bits per heavy atom. The minimum absolute atomic E-state index is 0.0453. The molecule has 1 aliphatic rings. The highest BCUT2D eigenvalue weighted by Crippen LogP contribution is 2.41. The summed E-state index contributed by atoms with van der Waals surface area (Å²) in [7, 11) is 1.33. The number of benzene rings is 1. The maximum absolute atomic E-state index is 13.8. The molecule has 0 fully saturated rings. The van der Waals surface area contributed by atoms with Gasteiger partial charge in [-0.15, -0.1) is 11.3 Å². The molecule has 1 aromatic carbocycles. The second-order valence-electron chi connectivity index (χ2n) is 6.15. The lowest BCUT2D eigenvalue weighted by Crippen LogP contribution is -2.17. The average molecular weight is 361 g/mol. The van der Waals surface area contributed by atoms with Crippen LogP contribution in [0.2, 0.25) is 0 Å². The molecule has 0 saturated carbocycles. The molecule has 3 rings (SSSR count). The van der Waals surface area contributed by atoms with Gasteiger partial charge in [0, 0.05) is 4.88 Å². The van der Waals surface area contributed by atoms with E-state index >= 15 is 0 Å². The number of rotatable bonds is 4. The number of hydrogen-bond donors (Lipinski definition) is 1. The lowest BCUT2D eigenvalue weighted by atomic mass is 9.85. The van der Waals surface area contributed by atoms with Crippen LogP contribution in [0.5, 0.6) is 0 Å². The lowest BCUT2D eigenvalue weighted by molar-refractivity contribution is 0.0601. The molecule has 4 nitrogen and oxygen atoms in total. The average Bonchev–Trinajstić information content (AvgIpc) is 2.98. The molecule has 1 aromatic heterocycles. The van der Waals surface area contributed by atoms with Crippen LogP contribution in [0.3, 0.4) is 0 Å². The molecule has 0 aliphatic heterocycles. The van der Waals surface area contributed by atoms with Crippen molar-refractivity contribution in [2.75, 3.05) is 12.4 Å². The molecule has 132 valence electrons. The summed E-state index contributed by atoms with van der Waals surface area (Å²) >= 11 is 1.40. The van der Waals surface area contributed by atoms with E-state index in [9.17, 15) is 14.0 Å². The van der Waals surface area contributed by atoms with Gasteiger partial charge in [0.1, 0.15) is 10.8 Å². The normalized spacial score (nSPS) is 16.2. The molecule has 2 aromatic rings. The molecule has 0 saturated heterocycles. The monoisotopic (exact) mass is 361 g/mol. The van der Waals surface area contributed by atoms with Crippen molar-refractivity contribution in [3.8, 4) is 0 Å². The van der Waals surface area contributed by atoms with Crippen molar-refractivity contribution in [1.82, 2.24) is 0 Å². The highest BCUT2D eigenvalue weighted by molar-refractivity contribution is 7.17. The van der Waals surface area contributed by atoms with E-state index in [-0.39, 0.29) is 5.56 Å². The first-order chi connectivity index (χ1) is 12.0. The number of halogens is 1. The van der Waals surface area contributed by atoms with Gasteiger partial charge in [-0.2, -0.15) is 0 Å². The van der Waals surface area contributed by atoms with Gasteiger partial charge in [0.05, 0.1) is 18.2 Å². The van der Waals surface area contributed by atoms with Crippen LogP contribution in [-0.4, -0.2) is 19.0 Å². The first-order valence-corrected chi connectivity index (χ1v) is 9.15. The van der Waals surface area contributed by atoms with Gasteiger partial charge in [0.2, 0.25) is 0 Å². The van der Waals surface area contributed by atoms with Crippen LogP contribution in [0.15, 0.2) is 24.3 Å². The molecular weight excluding hydrogens is 341 g/mol. The number of thiophene rings is 1. The first-order valence-electron chi connectivity index (χ1n) is 8.33. The molecule has 1 heterocycles. The van der Waals surface area contributed by atoms with Gasteiger partial charge >= 0.3 is 5.97 Å². The van der Waals surface area contributed by atoms with E-state index in [1.54, 1.807) is 6.07 Å². The Labute approximate surface area is 150 Å². The standard InChI is InChI=1S/C19H20FNO3S/c1-3-11-8-9-13-15(10-11)25-18(16(13)19(23)24-2)21-17(22)12-6-4-5-7-14(12)20/h4-7,11H,3,8-10H2,1-2H3,(H,21,22). The highest BCUT2D eigenvalue weighted by Gasteiger charge is 2.30. The predicted molar refractivity (Wildman–Crippen MR) is 95.8 cm³/mol. The summed E-state index contributed by atoms with van der Waals surface area (Å²) in [6, 6.07) is 5.79. The molecule has 25 heavy (non-hydrogen) atoms. The molecular formula is C19H20FNO3S. The molecule has 1 unspecified atom stereocenters. The van der Waals surface area contributed by atoms with Gasteiger partial charge in [0.25, 0.3) is 5.91 Å². The molecule has 1 amide bonds. The fourth-order valence-corrected chi connectivity index (χ4v) is 4.57. The van der Waals surface area contributed by atoms with E-state index < -0.39 is 17.7 Å². The van der Waals surface area contributed by atoms with E-state index in [4.69, 9.17) is 4.74 Å². The largest absolute Gasteiger partial charge is 0.465 e. The second-order valence-corrected chi connectivity index (χ2v) is 7.26. The fraction of sp³-hybridized carbons (Fsp3) is 0.368. The zero-order chi connectivity index (χ0) is 18.0. The zero-order valence-electron chi connectivity index (χ0n) is 14.2. The first kappa shape index (κ1) is 17.6. The summed E-state index contributed by atoms with van der Waals surface area (Å²) in [6.07, 6.45) is 3.80. The van der Waals surface area contributed by atoms with Crippen LogP contribution < -0.4 is 5.32 Å². The SMILES string of the molecule is CCC1CCc2c(sc(NC(=O)c3ccccc3F)c2C(=O)OC)C1. The predicted octanol–water partition coefficient (Wildman–Crippen LogP) is 4.44. The van der Waals surface area contributed by atoms with Crippen LogP contribution in [0.25, 0.3) is 0 Å². The molecule has 1 aliphatic carbocycles. The van der Waals surface area contributed by atoms with Crippen molar-refractivity contribution in [1.29, 1.82) is 0 Å². The quantitative estimate of drug-likeness (QED) is 0.819. The van der Waals surface area contributed by atoms with E-state index in [2.05, 4.69) is 12.2 Å². The van der Waals surface area contributed by atoms with Crippen LogP contribution in [0, 0.1) is 11.7 Å². The molecule has 6 heteroatoms. The number of methoxy groups -OCH3 is 1. The smallest absolute Gasteiger partial charge is 0.341 e. The van der Waals surface area contributed by atoms with Crippen molar-refractivity contribution in [3.05, 3.63) is 51.7 Å². The number of ether oxygens (including phenoxy) is 1. The maximum atomic E-state index is 13.8. The third kappa shape index (κ3) is 3.44. The number of esters is 1. The summed E-state index contributed by atoms with van der Waals surface area (Å²) in [4.78, 5) is 25.8. The maximum Gasteiger partial charge on any atom is 0.341 e. The van der Waals surface area contributed by atoms with Crippen molar-refractivity contribution in [3.63, 3.8) is 0 Å². The van der Waals surface area contributed by atoms with Crippen LogP contribution in [0.4, 0.5) is 9.39 Å². The van der Waals surface area contributed by atoms with Crippen LogP contribution >= 0.6 is 11.3 Å². The number of carbonyl (C=O) groups is 2. The Bertz CT molecular complexity index is 815. The number of anilines is 1. The Hall–Kier alpha value is -2.21. The lowest BCUT2D eigenvalue weighted by Gasteiger charge is -2.20. The highest BCUT2D eigenvalue weighted by atomic mass is 32.1. The third-order valence-electron chi connectivity index (χ3n) is 4.68. The molecule has 1 N–H and O–H groups in total. The summed E-state index contributed by atoms with van der Waals surface area (Å²) in [5.41, 5.74) is 1.34. The summed E-state index contributed by atoms with van der Waals surface area (Å²) < 4.78 is 18.8.